The number of Topliss-reactive ketones (excluding diaryl/α,β-unsaturated/α-hetero) is 1. The van der Waals surface area contributed by atoms with Gasteiger partial charge in [0.2, 0.25) is 0 Å². The summed E-state index contributed by atoms with van der Waals surface area (Å²) in [6.45, 7) is 1.66. The van der Waals surface area contributed by atoms with Crippen molar-refractivity contribution in [3.63, 3.8) is 0 Å². The standard InChI is InChI=1S/C18H25NO2/c1-21-16-10-8-15(9-11-16)18(20)13-19-12-4-6-14-5-2-3-7-17(14)19/h8-11,14,17H,2-7,12-13H2,1H3. The Balaban J connectivity index is 1.65. The van der Waals surface area contributed by atoms with Gasteiger partial charge in [-0.3, -0.25) is 9.69 Å². The van der Waals surface area contributed by atoms with Crippen LogP contribution < -0.4 is 4.74 Å². The third-order valence-electron chi connectivity index (χ3n) is 5.12. The van der Waals surface area contributed by atoms with Gasteiger partial charge in [-0.05, 0) is 62.4 Å². The van der Waals surface area contributed by atoms with Gasteiger partial charge in [-0.15, -0.1) is 0 Å². The summed E-state index contributed by atoms with van der Waals surface area (Å²) < 4.78 is 5.15. The Hall–Kier alpha value is -1.35. The van der Waals surface area contributed by atoms with Crippen molar-refractivity contribution < 1.29 is 9.53 Å². The second-order valence-electron chi connectivity index (χ2n) is 6.38. The van der Waals surface area contributed by atoms with E-state index in [4.69, 9.17) is 4.74 Å². The molecule has 1 heterocycles. The summed E-state index contributed by atoms with van der Waals surface area (Å²) in [5, 5.41) is 0. The molecule has 0 bridgehead atoms. The van der Waals surface area contributed by atoms with Gasteiger partial charge in [0.1, 0.15) is 5.75 Å². The molecule has 0 spiro atoms. The first-order valence-corrected chi connectivity index (χ1v) is 8.19. The molecule has 2 unspecified atom stereocenters. The molecule has 0 aromatic heterocycles. The molecule has 2 fully saturated rings. The van der Waals surface area contributed by atoms with E-state index in [2.05, 4.69) is 4.90 Å². The molecule has 0 N–H and O–H groups in total. The second kappa shape index (κ2) is 6.61. The Morgan fingerprint density at radius 1 is 1.14 bits per heavy atom. The van der Waals surface area contributed by atoms with Crippen molar-refractivity contribution in [1.82, 2.24) is 4.90 Å². The lowest BCUT2D eigenvalue weighted by atomic mass is 9.78. The molecule has 1 aromatic carbocycles. The summed E-state index contributed by atoms with van der Waals surface area (Å²) in [7, 11) is 1.65. The van der Waals surface area contributed by atoms with E-state index < -0.39 is 0 Å². The maximum atomic E-state index is 12.5. The summed E-state index contributed by atoms with van der Waals surface area (Å²) in [5.74, 6) is 1.87. The van der Waals surface area contributed by atoms with E-state index in [0.29, 0.717) is 12.6 Å². The fraction of sp³-hybridized carbons (Fsp3) is 0.611. The van der Waals surface area contributed by atoms with Crippen molar-refractivity contribution in [1.29, 1.82) is 0 Å². The quantitative estimate of drug-likeness (QED) is 0.793. The Bertz CT molecular complexity index is 480. The predicted octanol–water partition coefficient (Wildman–Crippen LogP) is 3.53. The average Bonchev–Trinajstić information content (AvgIpc) is 2.55. The molecule has 21 heavy (non-hydrogen) atoms. The van der Waals surface area contributed by atoms with Crippen LogP contribution in [0.1, 0.15) is 48.9 Å². The highest BCUT2D eigenvalue weighted by Gasteiger charge is 2.33. The van der Waals surface area contributed by atoms with Gasteiger partial charge < -0.3 is 4.74 Å². The van der Waals surface area contributed by atoms with Crippen LogP contribution >= 0.6 is 0 Å². The number of ketones is 1. The number of hydrogen-bond donors (Lipinski definition) is 0. The highest BCUT2D eigenvalue weighted by molar-refractivity contribution is 5.97. The molecule has 1 aliphatic heterocycles. The van der Waals surface area contributed by atoms with Gasteiger partial charge in [0.05, 0.1) is 13.7 Å². The minimum Gasteiger partial charge on any atom is -0.497 e. The Kier molecular flexibility index (Phi) is 4.59. The minimum absolute atomic E-state index is 0.240. The molecule has 1 aliphatic carbocycles. The van der Waals surface area contributed by atoms with Crippen molar-refractivity contribution in [3.8, 4) is 5.75 Å². The van der Waals surface area contributed by atoms with Gasteiger partial charge in [0.15, 0.2) is 5.78 Å². The normalized spacial score (nSPS) is 26.1. The van der Waals surface area contributed by atoms with Crippen LogP contribution in [-0.2, 0) is 0 Å². The third-order valence-corrected chi connectivity index (χ3v) is 5.12. The Morgan fingerprint density at radius 2 is 1.86 bits per heavy atom. The smallest absolute Gasteiger partial charge is 0.176 e. The summed E-state index contributed by atoms with van der Waals surface area (Å²) >= 11 is 0. The van der Waals surface area contributed by atoms with Crippen LogP contribution in [-0.4, -0.2) is 36.9 Å². The van der Waals surface area contributed by atoms with Crippen LogP contribution in [0.5, 0.6) is 5.75 Å². The van der Waals surface area contributed by atoms with E-state index in [1.165, 1.54) is 38.5 Å². The lowest BCUT2D eigenvalue weighted by molar-refractivity contribution is 0.0539. The number of methoxy groups -OCH3 is 1. The molecule has 0 amide bonds. The van der Waals surface area contributed by atoms with Crippen molar-refractivity contribution in [2.24, 2.45) is 5.92 Å². The highest BCUT2D eigenvalue weighted by Crippen LogP contribution is 2.35. The van der Waals surface area contributed by atoms with Crippen LogP contribution in [0.3, 0.4) is 0 Å². The zero-order chi connectivity index (χ0) is 14.7. The Morgan fingerprint density at radius 3 is 2.62 bits per heavy atom. The minimum atomic E-state index is 0.240. The van der Waals surface area contributed by atoms with Crippen LogP contribution in [0, 0.1) is 5.92 Å². The van der Waals surface area contributed by atoms with Gasteiger partial charge in [0, 0.05) is 11.6 Å². The van der Waals surface area contributed by atoms with Crippen molar-refractivity contribution in [2.45, 2.75) is 44.6 Å². The van der Waals surface area contributed by atoms with Crippen LogP contribution in [0.15, 0.2) is 24.3 Å². The van der Waals surface area contributed by atoms with Crippen LogP contribution in [0.4, 0.5) is 0 Å². The van der Waals surface area contributed by atoms with E-state index >= 15 is 0 Å². The average molecular weight is 287 g/mol. The molecule has 3 rings (SSSR count). The molecule has 114 valence electrons. The molecule has 1 saturated heterocycles. The first-order chi connectivity index (χ1) is 10.3. The maximum Gasteiger partial charge on any atom is 0.176 e. The fourth-order valence-corrected chi connectivity index (χ4v) is 3.98. The highest BCUT2D eigenvalue weighted by atomic mass is 16.5. The van der Waals surface area contributed by atoms with Gasteiger partial charge in [-0.1, -0.05) is 12.8 Å². The Labute approximate surface area is 127 Å². The summed E-state index contributed by atoms with van der Waals surface area (Å²) in [6.07, 6.45) is 7.95. The molecular weight excluding hydrogens is 262 g/mol. The largest absolute Gasteiger partial charge is 0.497 e. The van der Waals surface area contributed by atoms with E-state index in [0.717, 1.165) is 23.8 Å². The SMILES string of the molecule is COc1ccc(C(=O)CN2CCCC3CCCCC32)cc1. The van der Waals surface area contributed by atoms with Crippen LogP contribution in [0.25, 0.3) is 0 Å². The zero-order valence-electron chi connectivity index (χ0n) is 12.9. The van der Waals surface area contributed by atoms with Gasteiger partial charge in [-0.2, -0.15) is 0 Å². The van der Waals surface area contributed by atoms with E-state index in [9.17, 15) is 4.79 Å². The number of carbonyl (C=O) groups is 1. The van der Waals surface area contributed by atoms with E-state index in [1.54, 1.807) is 7.11 Å². The van der Waals surface area contributed by atoms with Crippen molar-refractivity contribution in [2.75, 3.05) is 20.2 Å². The molecule has 3 nitrogen and oxygen atoms in total. The first kappa shape index (κ1) is 14.6. The maximum absolute atomic E-state index is 12.5. The topological polar surface area (TPSA) is 29.5 Å². The number of benzene rings is 1. The number of likely N-dealkylation sites (tertiary alicyclic amines) is 1. The number of piperidine rings is 1. The molecule has 1 saturated carbocycles. The number of fused-ring (bicyclic) bond motifs is 1. The van der Waals surface area contributed by atoms with E-state index in [1.807, 2.05) is 24.3 Å². The molecular formula is C18H25NO2. The van der Waals surface area contributed by atoms with Gasteiger partial charge in [-0.25, -0.2) is 0 Å². The number of carbonyl (C=O) groups excluding carboxylic acids is 1. The monoisotopic (exact) mass is 287 g/mol. The number of ether oxygens (including phenoxy) is 1. The zero-order valence-corrected chi connectivity index (χ0v) is 12.9. The lowest BCUT2D eigenvalue weighted by Gasteiger charge is -2.43. The molecule has 2 aliphatic rings. The summed E-state index contributed by atoms with van der Waals surface area (Å²) in [6, 6.07) is 8.14. The lowest BCUT2D eigenvalue weighted by Crippen LogP contribution is -2.48. The fourth-order valence-electron chi connectivity index (χ4n) is 3.98. The van der Waals surface area contributed by atoms with Crippen molar-refractivity contribution >= 4 is 5.78 Å². The first-order valence-electron chi connectivity index (χ1n) is 8.19. The molecule has 2 atom stereocenters. The molecule has 3 heteroatoms. The molecule has 1 aromatic rings. The second-order valence-corrected chi connectivity index (χ2v) is 6.38. The summed E-state index contributed by atoms with van der Waals surface area (Å²) in [5.41, 5.74) is 0.800. The number of hydrogen-bond acceptors (Lipinski definition) is 3. The van der Waals surface area contributed by atoms with Gasteiger partial charge >= 0.3 is 0 Å². The van der Waals surface area contributed by atoms with Crippen molar-refractivity contribution in [3.05, 3.63) is 29.8 Å². The third kappa shape index (κ3) is 3.29. The molecule has 0 radical (unpaired) electrons. The number of rotatable bonds is 4. The van der Waals surface area contributed by atoms with Gasteiger partial charge in [0.25, 0.3) is 0 Å². The summed E-state index contributed by atoms with van der Waals surface area (Å²) in [4.78, 5) is 14.9. The number of nitrogens with zero attached hydrogens (tertiary/aromatic N) is 1. The van der Waals surface area contributed by atoms with E-state index in [-0.39, 0.29) is 5.78 Å². The van der Waals surface area contributed by atoms with Crippen LogP contribution in [0.2, 0.25) is 0 Å². The predicted molar refractivity (Wildman–Crippen MR) is 83.9 cm³/mol.